The summed E-state index contributed by atoms with van der Waals surface area (Å²) in [6.45, 7) is 4.78. The summed E-state index contributed by atoms with van der Waals surface area (Å²) in [5.74, 6) is 0. The van der Waals surface area contributed by atoms with Crippen LogP contribution in [0.25, 0.3) is 0 Å². The summed E-state index contributed by atoms with van der Waals surface area (Å²) in [6.07, 6.45) is 1.72. The topological polar surface area (TPSA) is 17.1 Å². The fourth-order valence-electron chi connectivity index (χ4n) is 1.35. The molecule has 0 heterocycles. The van der Waals surface area contributed by atoms with Crippen LogP contribution in [0.3, 0.4) is 0 Å². The molecule has 1 nitrogen and oxygen atoms in total. The average molecular weight is 196 g/mol. The van der Waals surface area contributed by atoms with Crippen LogP contribution in [-0.2, 0) is 4.79 Å². The van der Waals surface area contributed by atoms with Crippen molar-refractivity contribution < 1.29 is 4.79 Å². The molecule has 0 saturated carbocycles. The van der Waals surface area contributed by atoms with E-state index in [1.165, 1.54) is 5.30 Å². The van der Waals surface area contributed by atoms with Gasteiger partial charge in [-0.05, 0) is 0 Å². The Morgan fingerprint density at radius 3 is 2.15 bits per heavy atom. The zero-order valence-electron chi connectivity index (χ0n) is 8.53. The van der Waals surface area contributed by atoms with Crippen LogP contribution in [0.15, 0.2) is 30.3 Å². The monoisotopic (exact) mass is 196 g/mol. The first-order valence-corrected chi connectivity index (χ1v) is 8.20. The molecule has 0 radical (unpaired) electrons. The van der Waals surface area contributed by atoms with Crippen LogP contribution in [0.5, 0.6) is 0 Å². The van der Waals surface area contributed by atoms with Crippen molar-refractivity contribution in [1.29, 1.82) is 0 Å². The standard InChI is InChI=1S/C11H17OP/c1-13(2,3,10-9-12)11-7-5-4-6-8-11/h4-9H,10H2,1-3H3. The average Bonchev–Trinajstić information content (AvgIpc) is 2.05. The molecule has 0 spiro atoms. The Balaban J connectivity index is 3.12. The van der Waals surface area contributed by atoms with Crippen molar-refractivity contribution in [3.05, 3.63) is 30.3 Å². The number of benzene rings is 1. The normalized spacial score (nSPS) is 14.5. The molecule has 0 aliphatic carbocycles. The Bertz CT molecular complexity index is 295. The molecule has 1 rings (SSSR count). The SMILES string of the molecule is CP(C)(C)(CC=O)c1ccccc1. The van der Waals surface area contributed by atoms with E-state index in [0.29, 0.717) is 6.16 Å². The number of carbonyl (C=O) groups is 1. The molecule has 1 aromatic carbocycles. The van der Waals surface area contributed by atoms with Gasteiger partial charge in [0.25, 0.3) is 0 Å². The number of hydrogen-bond donors (Lipinski definition) is 0. The van der Waals surface area contributed by atoms with Crippen molar-refractivity contribution in [2.24, 2.45) is 0 Å². The summed E-state index contributed by atoms with van der Waals surface area (Å²) in [4.78, 5) is 10.6. The van der Waals surface area contributed by atoms with E-state index in [9.17, 15) is 4.79 Å². The van der Waals surface area contributed by atoms with Gasteiger partial charge in [-0.25, -0.2) is 0 Å². The third-order valence-corrected chi connectivity index (χ3v) is 6.07. The molecule has 0 fully saturated rings. The van der Waals surface area contributed by atoms with Crippen LogP contribution in [0.2, 0.25) is 0 Å². The third kappa shape index (κ3) is 2.38. The minimum absolute atomic E-state index is 0.676. The fourth-order valence-corrected chi connectivity index (χ4v) is 3.36. The van der Waals surface area contributed by atoms with Gasteiger partial charge in [0.15, 0.2) is 0 Å². The summed E-state index contributed by atoms with van der Waals surface area (Å²) in [6, 6.07) is 10.3. The molecule has 1 aromatic rings. The van der Waals surface area contributed by atoms with E-state index in [0.717, 1.165) is 6.29 Å². The van der Waals surface area contributed by atoms with E-state index in [4.69, 9.17) is 0 Å². The molecule has 0 atom stereocenters. The fraction of sp³-hybridized carbons (Fsp3) is 0.364. The predicted octanol–water partition coefficient (Wildman–Crippen LogP) is 1.95. The number of carbonyl (C=O) groups excluding carboxylic acids is 1. The molecule has 0 unspecified atom stereocenters. The first-order valence-electron chi connectivity index (χ1n) is 4.44. The van der Waals surface area contributed by atoms with E-state index in [-0.39, 0.29) is 0 Å². The Morgan fingerprint density at radius 2 is 1.69 bits per heavy atom. The molecule has 0 aliphatic heterocycles. The van der Waals surface area contributed by atoms with Crippen LogP contribution < -0.4 is 5.30 Å². The quantitative estimate of drug-likeness (QED) is 0.533. The second-order valence-electron chi connectivity index (χ2n) is 4.80. The molecule has 0 aromatic heterocycles. The van der Waals surface area contributed by atoms with Crippen molar-refractivity contribution in [3.63, 3.8) is 0 Å². The molecular weight excluding hydrogens is 179 g/mol. The van der Waals surface area contributed by atoms with Gasteiger partial charge in [-0.3, -0.25) is 0 Å². The summed E-state index contributed by atoms with van der Waals surface area (Å²) in [7, 11) is 0. The van der Waals surface area contributed by atoms with Crippen LogP contribution in [0, 0.1) is 0 Å². The van der Waals surface area contributed by atoms with E-state index >= 15 is 0 Å². The van der Waals surface area contributed by atoms with Gasteiger partial charge in [-0.1, -0.05) is 0 Å². The zero-order valence-corrected chi connectivity index (χ0v) is 9.42. The van der Waals surface area contributed by atoms with Crippen molar-refractivity contribution in [2.45, 2.75) is 0 Å². The second-order valence-corrected chi connectivity index (χ2v) is 11.9. The first kappa shape index (κ1) is 10.4. The molecule has 0 amide bonds. The van der Waals surface area contributed by atoms with Gasteiger partial charge < -0.3 is 0 Å². The van der Waals surface area contributed by atoms with Crippen molar-refractivity contribution in [3.8, 4) is 0 Å². The van der Waals surface area contributed by atoms with E-state index < -0.39 is 6.60 Å². The minimum atomic E-state index is -1.91. The maximum absolute atomic E-state index is 10.6. The van der Waals surface area contributed by atoms with Crippen molar-refractivity contribution in [1.82, 2.24) is 0 Å². The van der Waals surface area contributed by atoms with Crippen LogP contribution in [0.1, 0.15) is 0 Å². The third-order valence-electron chi connectivity index (χ3n) is 2.43. The van der Waals surface area contributed by atoms with Gasteiger partial charge in [0.2, 0.25) is 0 Å². The predicted molar refractivity (Wildman–Crippen MR) is 61.7 cm³/mol. The van der Waals surface area contributed by atoms with Gasteiger partial charge in [-0.2, -0.15) is 0 Å². The molecule has 0 N–H and O–H groups in total. The molecule has 0 bridgehead atoms. The molecule has 2 heteroatoms. The van der Waals surface area contributed by atoms with Gasteiger partial charge in [0.05, 0.1) is 0 Å². The molecular formula is C11H17OP. The second kappa shape index (κ2) is 3.23. The van der Waals surface area contributed by atoms with Gasteiger partial charge >= 0.3 is 79.5 Å². The maximum atomic E-state index is 10.6. The first-order chi connectivity index (χ1) is 5.94. The zero-order chi connectivity index (χ0) is 9.97. The van der Waals surface area contributed by atoms with Crippen molar-refractivity contribution in [2.75, 3.05) is 26.2 Å². The van der Waals surface area contributed by atoms with Crippen molar-refractivity contribution >= 4 is 18.2 Å². The number of aldehydes is 1. The van der Waals surface area contributed by atoms with Gasteiger partial charge in [0.1, 0.15) is 0 Å². The van der Waals surface area contributed by atoms with E-state index in [1.807, 2.05) is 18.2 Å². The Hall–Kier alpha value is -0.680. The van der Waals surface area contributed by atoms with Gasteiger partial charge in [-0.15, -0.1) is 0 Å². The molecule has 0 aliphatic rings. The molecule has 13 heavy (non-hydrogen) atoms. The van der Waals surface area contributed by atoms with Crippen LogP contribution >= 0.6 is 6.60 Å². The van der Waals surface area contributed by atoms with E-state index in [2.05, 4.69) is 32.1 Å². The van der Waals surface area contributed by atoms with Crippen LogP contribution in [0.4, 0.5) is 0 Å². The summed E-state index contributed by atoms with van der Waals surface area (Å²) in [5, 5.41) is 1.33. The molecule has 0 saturated heterocycles. The summed E-state index contributed by atoms with van der Waals surface area (Å²) < 4.78 is 0. The Labute approximate surface area is 80.1 Å². The summed E-state index contributed by atoms with van der Waals surface area (Å²) in [5.41, 5.74) is 0. The Morgan fingerprint density at radius 1 is 1.15 bits per heavy atom. The van der Waals surface area contributed by atoms with E-state index in [1.54, 1.807) is 0 Å². The van der Waals surface area contributed by atoms with Crippen LogP contribution in [-0.4, -0.2) is 32.4 Å². The molecule has 72 valence electrons. The summed E-state index contributed by atoms with van der Waals surface area (Å²) >= 11 is 0. The number of hydrogen-bond acceptors (Lipinski definition) is 1. The number of rotatable bonds is 3. The Kier molecular flexibility index (Phi) is 2.58. The van der Waals surface area contributed by atoms with Gasteiger partial charge in [0, 0.05) is 0 Å².